The summed E-state index contributed by atoms with van der Waals surface area (Å²) in [6, 6.07) is 7.29. The molecule has 19 heavy (non-hydrogen) atoms. The second-order valence-corrected chi connectivity index (χ2v) is 4.29. The smallest absolute Gasteiger partial charge is 0.231 e. The second kappa shape index (κ2) is 5.16. The minimum Gasteiger partial charge on any atom is -0.507 e. The quantitative estimate of drug-likeness (QED) is 0.875. The van der Waals surface area contributed by atoms with Gasteiger partial charge in [0.2, 0.25) is 6.79 Å². The third kappa shape index (κ3) is 2.61. The Morgan fingerprint density at radius 2 is 1.84 bits per heavy atom. The summed E-state index contributed by atoms with van der Waals surface area (Å²) in [5, 5.41) is 13.2. The summed E-state index contributed by atoms with van der Waals surface area (Å²) < 4.78 is 10.5. The van der Waals surface area contributed by atoms with Gasteiger partial charge in [0, 0.05) is 37.1 Å². The lowest BCUT2D eigenvalue weighted by Crippen LogP contribution is -2.12. The van der Waals surface area contributed by atoms with Crippen molar-refractivity contribution in [2.24, 2.45) is 0 Å². The number of aromatic hydroxyl groups is 1. The van der Waals surface area contributed by atoms with Crippen molar-refractivity contribution in [1.29, 1.82) is 0 Å². The molecule has 0 saturated carbocycles. The predicted molar refractivity (Wildman–Crippen MR) is 69.0 cm³/mol. The van der Waals surface area contributed by atoms with Gasteiger partial charge in [0.1, 0.15) is 5.75 Å². The Morgan fingerprint density at radius 1 is 1.11 bits per heavy atom. The molecule has 0 aliphatic carbocycles. The average molecular weight is 258 g/mol. The highest BCUT2D eigenvalue weighted by Crippen LogP contribution is 2.37. The van der Waals surface area contributed by atoms with Gasteiger partial charge in [0.05, 0.1) is 0 Å². The van der Waals surface area contributed by atoms with Crippen LogP contribution in [0, 0.1) is 0 Å². The van der Waals surface area contributed by atoms with Gasteiger partial charge in [0.25, 0.3) is 0 Å². The Labute approximate surface area is 110 Å². The van der Waals surface area contributed by atoms with Crippen LogP contribution in [0.25, 0.3) is 0 Å². The van der Waals surface area contributed by atoms with E-state index in [2.05, 4.69) is 10.3 Å². The highest BCUT2D eigenvalue weighted by atomic mass is 16.7. The first-order valence-electron chi connectivity index (χ1n) is 6.04. The van der Waals surface area contributed by atoms with Crippen LogP contribution in [0.2, 0.25) is 0 Å². The molecule has 1 aliphatic heterocycles. The number of nitrogens with one attached hydrogen (secondary N) is 1. The van der Waals surface area contributed by atoms with E-state index in [0.717, 1.165) is 17.7 Å². The van der Waals surface area contributed by atoms with E-state index >= 15 is 0 Å². The van der Waals surface area contributed by atoms with E-state index in [1.54, 1.807) is 24.5 Å². The standard InChI is InChI=1S/C14H14N2O3/c17-12-6-14-13(18-9-19-14)5-11(12)8-16-7-10-1-3-15-4-2-10/h1-6,16-17H,7-9H2. The number of aromatic nitrogens is 1. The molecule has 0 saturated heterocycles. The lowest BCUT2D eigenvalue weighted by molar-refractivity contribution is 0.174. The Bertz CT molecular complexity index is 572. The van der Waals surface area contributed by atoms with Crippen molar-refractivity contribution in [1.82, 2.24) is 10.3 Å². The minimum absolute atomic E-state index is 0.211. The molecule has 3 rings (SSSR count). The summed E-state index contributed by atoms with van der Waals surface area (Å²) >= 11 is 0. The molecular formula is C14H14N2O3. The van der Waals surface area contributed by atoms with Crippen molar-refractivity contribution in [3.8, 4) is 17.2 Å². The first-order chi connectivity index (χ1) is 9.33. The predicted octanol–water partition coefficient (Wildman–Crippen LogP) is 1.81. The Morgan fingerprint density at radius 3 is 2.63 bits per heavy atom. The molecule has 5 nitrogen and oxygen atoms in total. The van der Waals surface area contributed by atoms with Crippen LogP contribution in [0.3, 0.4) is 0 Å². The summed E-state index contributed by atoms with van der Waals surface area (Å²) in [6.07, 6.45) is 3.52. The van der Waals surface area contributed by atoms with Crippen molar-refractivity contribution in [2.75, 3.05) is 6.79 Å². The monoisotopic (exact) mass is 258 g/mol. The molecule has 0 bridgehead atoms. The van der Waals surface area contributed by atoms with Crippen LogP contribution >= 0.6 is 0 Å². The largest absolute Gasteiger partial charge is 0.507 e. The molecule has 0 amide bonds. The highest BCUT2D eigenvalue weighted by molar-refractivity contribution is 5.51. The first-order valence-corrected chi connectivity index (χ1v) is 6.04. The minimum atomic E-state index is 0.211. The maximum Gasteiger partial charge on any atom is 0.231 e. The number of benzene rings is 1. The van der Waals surface area contributed by atoms with Gasteiger partial charge in [-0.25, -0.2) is 0 Å². The van der Waals surface area contributed by atoms with E-state index in [-0.39, 0.29) is 12.5 Å². The maximum atomic E-state index is 9.89. The maximum absolute atomic E-state index is 9.89. The van der Waals surface area contributed by atoms with E-state index in [0.29, 0.717) is 18.0 Å². The van der Waals surface area contributed by atoms with Gasteiger partial charge in [-0.15, -0.1) is 0 Å². The number of fused-ring (bicyclic) bond motifs is 1. The van der Waals surface area contributed by atoms with E-state index in [1.165, 1.54) is 0 Å². The topological polar surface area (TPSA) is 63.6 Å². The van der Waals surface area contributed by atoms with Crippen molar-refractivity contribution in [2.45, 2.75) is 13.1 Å². The normalized spacial score (nSPS) is 12.6. The van der Waals surface area contributed by atoms with Crippen molar-refractivity contribution in [3.63, 3.8) is 0 Å². The third-order valence-corrected chi connectivity index (χ3v) is 2.97. The lowest BCUT2D eigenvalue weighted by atomic mass is 10.1. The molecule has 1 aromatic carbocycles. The van der Waals surface area contributed by atoms with Gasteiger partial charge in [0.15, 0.2) is 11.5 Å². The molecule has 2 N–H and O–H groups in total. The van der Waals surface area contributed by atoms with Crippen LogP contribution in [-0.2, 0) is 13.1 Å². The summed E-state index contributed by atoms with van der Waals surface area (Å²) in [5.41, 5.74) is 1.94. The lowest BCUT2D eigenvalue weighted by Gasteiger charge is -2.08. The zero-order valence-corrected chi connectivity index (χ0v) is 10.3. The molecule has 0 unspecified atom stereocenters. The molecule has 98 valence electrons. The van der Waals surface area contributed by atoms with E-state index < -0.39 is 0 Å². The van der Waals surface area contributed by atoms with E-state index in [4.69, 9.17) is 9.47 Å². The molecule has 2 aromatic rings. The van der Waals surface area contributed by atoms with Crippen molar-refractivity contribution >= 4 is 0 Å². The molecule has 0 radical (unpaired) electrons. The Hall–Kier alpha value is -2.27. The van der Waals surface area contributed by atoms with Crippen molar-refractivity contribution in [3.05, 3.63) is 47.8 Å². The van der Waals surface area contributed by atoms with Crippen LogP contribution in [0.4, 0.5) is 0 Å². The number of nitrogens with zero attached hydrogens (tertiary/aromatic N) is 1. The van der Waals surface area contributed by atoms with Crippen LogP contribution in [0.15, 0.2) is 36.7 Å². The fraction of sp³-hybridized carbons (Fsp3) is 0.214. The zero-order valence-electron chi connectivity index (χ0n) is 10.3. The number of rotatable bonds is 4. The molecular weight excluding hydrogens is 244 g/mol. The Kier molecular flexibility index (Phi) is 3.20. The number of phenolic OH excluding ortho intramolecular Hbond substituents is 1. The average Bonchev–Trinajstić information content (AvgIpc) is 2.87. The second-order valence-electron chi connectivity index (χ2n) is 4.29. The number of pyridine rings is 1. The summed E-state index contributed by atoms with van der Waals surface area (Å²) in [5.74, 6) is 1.49. The number of ether oxygens (including phenoxy) is 2. The zero-order chi connectivity index (χ0) is 13.1. The molecule has 0 spiro atoms. The summed E-state index contributed by atoms with van der Waals surface area (Å²) in [6.45, 7) is 1.49. The molecule has 0 atom stereocenters. The van der Waals surface area contributed by atoms with Gasteiger partial charge < -0.3 is 19.9 Å². The molecule has 1 aliphatic rings. The highest BCUT2D eigenvalue weighted by Gasteiger charge is 2.16. The number of hydrogen-bond acceptors (Lipinski definition) is 5. The molecule has 1 aromatic heterocycles. The van der Waals surface area contributed by atoms with Gasteiger partial charge >= 0.3 is 0 Å². The fourth-order valence-electron chi connectivity index (χ4n) is 1.96. The SMILES string of the molecule is Oc1cc2c(cc1CNCc1ccncc1)OCO2. The van der Waals surface area contributed by atoms with Crippen LogP contribution in [0.5, 0.6) is 17.2 Å². The first kappa shape index (κ1) is 11.8. The van der Waals surface area contributed by atoms with Crippen LogP contribution in [-0.4, -0.2) is 16.9 Å². The number of phenols is 1. The molecule has 5 heteroatoms. The summed E-state index contributed by atoms with van der Waals surface area (Å²) in [7, 11) is 0. The summed E-state index contributed by atoms with van der Waals surface area (Å²) in [4.78, 5) is 3.97. The third-order valence-electron chi connectivity index (χ3n) is 2.97. The van der Waals surface area contributed by atoms with Crippen molar-refractivity contribution < 1.29 is 14.6 Å². The van der Waals surface area contributed by atoms with Gasteiger partial charge in [-0.3, -0.25) is 4.98 Å². The van der Waals surface area contributed by atoms with E-state index in [1.807, 2.05) is 12.1 Å². The van der Waals surface area contributed by atoms with Crippen LogP contribution < -0.4 is 14.8 Å². The van der Waals surface area contributed by atoms with Gasteiger partial charge in [-0.1, -0.05) is 0 Å². The molecule has 0 fully saturated rings. The van der Waals surface area contributed by atoms with Gasteiger partial charge in [-0.05, 0) is 23.8 Å². The van der Waals surface area contributed by atoms with Crippen LogP contribution in [0.1, 0.15) is 11.1 Å². The van der Waals surface area contributed by atoms with Gasteiger partial charge in [-0.2, -0.15) is 0 Å². The Balaban J connectivity index is 1.64. The van der Waals surface area contributed by atoms with E-state index in [9.17, 15) is 5.11 Å². The fourth-order valence-corrected chi connectivity index (χ4v) is 1.96. The molecule has 2 heterocycles. The number of hydrogen-bond donors (Lipinski definition) is 2.